The van der Waals surface area contributed by atoms with E-state index in [-0.39, 0.29) is 0 Å². The second-order valence-electron chi connectivity index (χ2n) is 5.76. The van der Waals surface area contributed by atoms with Crippen molar-refractivity contribution in [3.8, 4) is 0 Å². The average molecular weight is 225 g/mol. The van der Waals surface area contributed by atoms with E-state index in [0.29, 0.717) is 24.8 Å². The van der Waals surface area contributed by atoms with Crippen molar-refractivity contribution in [1.82, 2.24) is 4.90 Å². The Labute approximate surface area is 97.8 Å². The van der Waals surface area contributed by atoms with Gasteiger partial charge in [-0.05, 0) is 39.2 Å². The first-order chi connectivity index (χ1) is 7.57. The van der Waals surface area contributed by atoms with Gasteiger partial charge in [-0.1, -0.05) is 12.8 Å². The molecule has 1 saturated carbocycles. The standard InChI is InChI=1S/C13H23NO2/c1-13(16)7-4-8-14(10-13)9-12(15)11-5-2-3-6-11/h11,16H,2-10H2,1H3. The molecule has 0 amide bonds. The average Bonchev–Trinajstić information content (AvgIpc) is 2.68. The Morgan fingerprint density at radius 3 is 2.69 bits per heavy atom. The number of likely N-dealkylation sites (tertiary alicyclic amines) is 1. The van der Waals surface area contributed by atoms with Gasteiger partial charge in [0.05, 0.1) is 12.1 Å². The van der Waals surface area contributed by atoms with E-state index in [0.717, 1.165) is 32.2 Å². The molecule has 1 heterocycles. The second kappa shape index (κ2) is 4.84. The first kappa shape index (κ1) is 12.1. The van der Waals surface area contributed by atoms with E-state index in [4.69, 9.17) is 0 Å². The summed E-state index contributed by atoms with van der Waals surface area (Å²) in [5, 5.41) is 9.97. The van der Waals surface area contributed by atoms with Crippen LogP contribution in [-0.4, -0.2) is 41.0 Å². The molecule has 0 spiro atoms. The molecule has 3 nitrogen and oxygen atoms in total. The number of carbonyl (C=O) groups excluding carboxylic acids is 1. The van der Waals surface area contributed by atoms with Crippen LogP contribution in [0.15, 0.2) is 0 Å². The van der Waals surface area contributed by atoms with Gasteiger partial charge in [-0.2, -0.15) is 0 Å². The molecule has 2 rings (SSSR count). The first-order valence-corrected chi connectivity index (χ1v) is 6.54. The quantitative estimate of drug-likeness (QED) is 0.793. The fraction of sp³-hybridized carbons (Fsp3) is 0.923. The Morgan fingerprint density at radius 1 is 1.38 bits per heavy atom. The van der Waals surface area contributed by atoms with Crippen molar-refractivity contribution < 1.29 is 9.90 Å². The molecule has 92 valence electrons. The zero-order valence-electron chi connectivity index (χ0n) is 10.2. The summed E-state index contributed by atoms with van der Waals surface area (Å²) < 4.78 is 0. The normalized spacial score (nSPS) is 33.1. The third-order valence-electron chi connectivity index (χ3n) is 3.94. The molecule has 1 aliphatic heterocycles. The molecule has 16 heavy (non-hydrogen) atoms. The maximum absolute atomic E-state index is 12.0. The van der Waals surface area contributed by atoms with Crippen LogP contribution in [0, 0.1) is 5.92 Å². The Morgan fingerprint density at radius 2 is 2.06 bits per heavy atom. The lowest BCUT2D eigenvalue weighted by Gasteiger charge is -2.36. The molecule has 2 aliphatic rings. The SMILES string of the molecule is CC1(O)CCCN(CC(=O)C2CCCC2)C1. The van der Waals surface area contributed by atoms with Crippen molar-refractivity contribution in [3.63, 3.8) is 0 Å². The molecule has 0 aromatic heterocycles. The van der Waals surface area contributed by atoms with Crippen molar-refractivity contribution in [3.05, 3.63) is 0 Å². The summed E-state index contributed by atoms with van der Waals surface area (Å²) in [5.74, 6) is 0.710. The smallest absolute Gasteiger partial charge is 0.149 e. The fourth-order valence-electron chi connectivity index (χ4n) is 3.06. The van der Waals surface area contributed by atoms with E-state index in [9.17, 15) is 9.90 Å². The predicted molar refractivity (Wildman–Crippen MR) is 63.3 cm³/mol. The number of hydrogen-bond acceptors (Lipinski definition) is 3. The molecule has 0 aromatic rings. The van der Waals surface area contributed by atoms with E-state index in [1.165, 1.54) is 12.8 Å². The maximum Gasteiger partial charge on any atom is 0.149 e. The number of Topliss-reactive ketones (excluding diaryl/α,β-unsaturated/α-hetero) is 1. The highest BCUT2D eigenvalue weighted by Gasteiger charge is 2.31. The molecule has 0 aromatic carbocycles. The maximum atomic E-state index is 12.0. The lowest BCUT2D eigenvalue weighted by Crippen LogP contribution is -2.48. The van der Waals surface area contributed by atoms with Gasteiger partial charge in [0.15, 0.2) is 0 Å². The van der Waals surface area contributed by atoms with Gasteiger partial charge >= 0.3 is 0 Å². The predicted octanol–water partition coefficient (Wildman–Crippen LogP) is 1.59. The van der Waals surface area contributed by atoms with Gasteiger partial charge in [-0.25, -0.2) is 0 Å². The summed E-state index contributed by atoms with van der Waals surface area (Å²) in [6.07, 6.45) is 6.47. The Hall–Kier alpha value is -0.410. The number of rotatable bonds is 3. The summed E-state index contributed by atoms with van der Waals surface area (Å²) >= 11 is 0. The number of carbonyl (C=O) groups is 1. The monoisotopic (exact) mass is 225 g/mol. The van der Waals surface area contributed by atoms with Crippen molar-refractivity contribution in [2.75, 3.05) is 19.6 Å². The van der Waals surface area contributed by atoms with Crippen LogP contribution in [-0.2, 0) is 4.79 Å². The van der Waals surface area contributed by atoms with Crippen LogP contribution in [0.25, 0.3) is 0 Å². The molecule has 0 radical (unpaired) electrons. The molecule has 2 fully saturated rings. The Balaban J connectivity index is 1.82. The lowest BCUT2D eigenvalue weighted by atomic mass is 9.94. The van der Waals surface area contributed by atoms with E-state index < -0.39 is 5.60 Å². The number of nitrogens with zero attached hydrogens (tertiary/aromatic N) is 1. The van der Waals surface area contributed by atoms with Crippen LogP contribution in [0.1, 0.15) is 45.4 Å². The van der Waals surface area contributed by atoms with Crippen molar-refractivity contribution >= 4 is 5.78 Å². The van der Waals surface area contributed by atoms with Crippen molar-refractivity contribution in [2.45, 2.75) is 51.0 Å². The highest BCUT2D eigenvalue weighted by molar-refractivity contribution is 5.83. The Kier molecular flexibility index (Phi) is 3.65. The minimum absolute atomic E-state index is 0.312. The minimum Gasteiger partial charge on any atom is -0.389 e. The summed E-state index contributed by atoms with van der Waals surface area (Å²) in [6.45, 7) is 4.06. The van der Waals surface area contributed by atoms with E-state index in [2.05, 4.69) is 4.90 Å². The molecule has 1 aliphatic carbocycles. The fourth-order valence-corrected chi connectivity index (χ4v) is 3.06. The third kappa shape index (κ3) is 3.05. The van der Waals surface area contributed by atoms with Crippen molar-refractivity contribution in [1.29, 1.82) is 0 Å². The van der Waals surface area contributed by atoms with Gasteiger partial charge in [0.25, 0.3) is 0 Å². The van der Waals surface area contributed by atoms with Gasteiger partial charge in [0.2, 0.25) is 0 Å². The summed E-state index contributed by atoms with van der Waals surface area (Å²) in [6, 6.07) is 0. The number of hydrogen-bond donors (Lipinski definition) is 1. The van der Waals surface area contributed by atoms with E-state index in [1.807, 2.05) is 6.92 Å². The molecular formula is C13H23NO2. The van der Waals surface area contributed by atoms with Crippen LogP contribution < -0.4 is 0 Å². The van der Waals surface area contributed by atoms with Crippen LogP contribution in [0.2, 0.25) is 0 Å². The topological polar surface area (TPSA) is 40.5 Å². The lowest BCUT2D eigenvalue weighted by molar-refractivity contribution is -0.125. The largest absolute Gasteiger partial charge is 0.389 e. The van der Waals surface area contributed by atoms with Gasteiger partial charge < -0.3 is 5.11 Å². The van der Waals surface area contributed by atoms with Gasteiger partial charge in [-0.3, -0.25) is 9.69 Å². The van der Waals surface area contributed by atoms with Gasteiger partial charge in [-0.15, -0.1) is 0 Å². The highest BCUT2D eigenvalue weighted by atomic mass is 16.3. The van der Waals surface area contributed by atoms with Crippen LogP contribution in [0.5, 0.6) is 0 Å². The Bertz CT molecular complexity index is 257. The highest BCUT2D eigenvalue weighted by Crippen LogP contribution is 2.26. The molecule has 1 atom stereocenters. The van der Waals surface area contributed by atoms with E-state index >= 15 is 0 Å². The molecule has 0 bridgehead atoms. The van der Waals surface area contributed by atoms with Crippen LogP contribution in [0.4, 0.5) is 0 Å². The van der Waals surface area contributed by atoms with Crippen molar-refractivity contribution in [2.24, 2.45) is 5.92 Å². The van der Waals surface area contributed by atoms with E-state index in [1.54, 1.807) is 0 Å². The first-order valence-electron chi connectivity index (χ1n) is 6.54. The third-order valence-corrected chi connectivity index (χ3v) is 3.94. The zero-order chi connectivity index (χ0) is 11.6. The number of aliphatic hydroxyl groups is 1. The second-order valence-corrected chi connectivity index (χ2v) is 5.76. The number of ketones is 1. The van der Waals surface area contributed by atoms with Crippen LogP contribution in [0.3, 0.4) is 0 Å². The number of β-amino-alcohol motifs (C(OH)–C–C–N with tert-alkyl or cyclic N) is 1. The molecule has 1 saturated heterocycles. The molecule has 1 unspecified atom stereocenters. The van der Waals surface area contributed by atoms with Gasteiger partial charge in [0.1, 0.15) is 5.78 Å². The molecule has 3 heteroatoms. The minimum atomic E-state index is -0.589. The van der Waals surface area contributed by atoms with Gasteiger partial charge in [0, 0.05) is 12.5 Å². The summed E-state index contributed by atoms with van der Waals surface area (Å²) in [5.41, 5.74) is -0.589. The number of piperidine rings is 1. The summed E-state index contributed by atoms with van der Waals surface area (Å²) in [4.78, 5) is 14.1. The zero-order valence-corrected chi connectivity index (χ0v) is 10.2. The molecular weight excluding hydrogens is 202 g/mol. The van der Waals surface area contributed by atoms with Crippen LogP contribution >= 0.6 is 0 Å². The summed E-state index contributed by atoms with van der Waals surface area (Å²) in [7, 11) is 0. The molecule has 1 N–H and O–H groups in total.